The molecule has 1 amide bonds. The molecule has 0 saturated carbocycles. The van der Waals surface area contributed by atoms with Crippen LogP contribution in [0.1, 0.15) is 34.7 Å². The topological polar surface area (TPSA) is 80.4 Å². The lowest BCUT2D eigenvalue weighted by atomic mass is 9.89. The molecule has 0 spiro atoms. The van der Waals surface area contributed by atoms with Gasteiger partial charge in [0.25, 0.3) is 11.5 Å². The predicted octanol–water partition coefficient (Wildman–Crippen LogP) is 5.08. The summed E-state index contributed by atoms with van der Waals surface area (Å²) in [5.41, 5.74) is 3.13. The lowest BCUT2D eigenvalue weighted by Crippen LogP contribution is -2.39. The summed E-state index contributed by atoms with van der Waals surface area (Å²) in [5.74, 6) is -0.203. The molecule has 174 valence electrons. The zero-order valence-electron chi connectivity index (χ0n) is 18.4. The molecule has 9 heteroatoms. The standard InChI is InChI=1S/C25H22ClFN4O3/c1-30-13-19(24(32)31-10-8-16(9-11-31)15-2-4-17(27)5-3-15)23(22(26)25(30)33)29-18-6-7-21-20(12-18)28-14-34-21/h2-7,12-14,16,29H,8-11H2,1H3. The number of aromatic nitrogens is 2. The fraction of sp³-hybridized carbons (Fsp3) is 0.240. The molecular formula is C25H22ClFN4O3. The number of hydrogen-bond donors (Lipinski definition) is 1. The molecule has 1 aliphatic rings. The van der Waals surface area contributed by atoms with Gasteiger partial charge in [0.1, 0.15) is 16.4 Å². The van der Waals surface area contributed by atoms with Gasteiger partial charge in [-0.2, -0.15) is 0 Å². The molecule has 0 aliphatic carbocycles. The molecular weight excluding hydrogens is 459 g/mol. The average molecular weight is 481 g/mol. The van der Waals surface area contributed by atoms with E-state index in [-0.39, 0.29) is 28.4 Å². The van der Waals surface area contributed by atoms with Gasteiger partial charge in [-0.3, -0.25) is 9.59 Å². The SMILES string of the molecule is Cn1cc(C(=O)N2CCC(c3ccc(F)cc3)CC2)c(Nc2ccc3ocnc3c2)c(Cl)c1=O. The number of oxazole rings is 1. The van der Waals surface area contributed by atoms with E-state index in [1.165, 1.54) is 29.3 Å². The van der Waals surface area contributed by atoms with Gasteiger partial charge < -0.3 is 19.2 Å². The first-order valence-corrected chi connectivity index (χ1v) is 11.3. The Morgan fingerprint density at radius 2 is 1.91 bits per heavy atom. The van der Waals surface area contributed by atoms with Crippen molar-refractivity contribution < 1.29 is 13.6 Å². The monoisotopic (exact) mass is 480 g/mol. The molecule has 3 heterocycles. The van der Waals surface area contributed by atoms with E-state index in [0.717, 1.165) is 18.4 Å². The van der Waals surface area contributed by atoms with E-state index >= 15 is 0 Å². The second-order valence-corrected chi connectivity index (χ2v) is 8.80. The molecule has 2 aromatic heterocycles. The summed E-state index contributed by atoms with van der Waals surface area (Å²) in [6.07, 6.45) is 4.40. The van der Waals surface area contributed by atoms with Gasteiger partial charge in [0, 0.05) is 32.0 Å². The molecule has 0 unspecified atom stereocenters. The maximum absolute atomic E-state index is 13.5. The van der Waals surface area contributed by atoms with Crippen LogP contribution in [0.2, 0.25) is 5.02 Å². The van der Waals surface area contributed by atoms with Gasteiger partial charge in [0.15, 0.2) is 12.0 Å². The van der Waals surface area contributed by atoms with Gasteiger partial charge in [-0.25, -0.2) is 9.37 Å². The highest BCUT2D eigenvalue weighted by Gasteiger charge is 2.28. The average Bonchev–Trinajstić information content (AvgIpc) is 3.32. The van der Waals surface area contributed by atoms with Crippen LogP contribution in [0.5, 0.6) is 0 Å². The second-order valence-electron chi connectivity index (χ2n) is 8.43. The number of carbonyl (C=O) groups excluding carboxylic acids is 1. The van der Waals surface area contributed by atoms with E-state index in [4.69, 9.17) is 16.0 Å². The van der Waals surface area contributed by atoms with Crippen molar-refractivity contribution in [3.05, 3.63) is 87.4 Å². The van der Waals surface area contributed by atoms with Crippen LogP contribution in [-0.4, -0.2) is 33.4 Å². The molecule has 0 bridgehead atoms. The number of aryl methyl sites for hydroxylation is 1. The van der Waals surface area contributed by atoms with Gasteiger partial charge in [0.2, 0.25) is 0 Å². The number of benzene rings is 2. The van der Waals surface area contributed by atoms with Crippen molar-refractivity contribution in [2.45, 2.75) is 18.8 Å². The number of likely N-dealkylation sites (tertiary alicyclic amines) is 1. The summed E-state index contributed by atoms with van der Waals surface area (Å²) in [6, 6.07) is 11.8. The lowest BCUT2D eigenvalue weighted by Gasteiger charge is -2.33. The van der Waals surface area contributed by atoms with Crippen LogP contribution in [-0.2, 0) is 7.05 Å². The van der Waals surface area contributed by atoms with Crippen molar-refractivity contribution in [2.75, 3.05) is 18.4 Å². The van der Waals surface area contributed by atoms with Crippen LogP contribution in [0.15, 0.2) is 64.3 Å². The first kappa shape index (κ1) is 22.2. The van der Waals surface area contributed by atoms with Crippen LogP contribution >= 0.6 is 11.6 Å². The maximum atomic E-state index is 13.5. The Labute approximate surface area is 199 Å². The highest BCUT2D eigenvalue weighted by Crippen LogP contribution is 2.32. The van der Waals surface area contributed by atoms with Crippen LogP contribution < -0.4 is 10.9 Å². The highest BCUT2D eigenvalue weighted by atomic mass is 35.5. The third-order valence-corrected chi connectivity index (χ3v) is 6.62. The van der Waals surface area contributed by atoms with E-state index in [0.29, 0.717) is 35.4 Å². The lowest BCUT2D eigenvalue weighted by molar-refractivity contribution is 0.0713. The Morgan fingerprint density at radius 3 is 2.65 bits per heavy atom. The van der Waals surface area contributed by atoms with Gasteiger partial charge in [-0.05, 0) is 54.7 Å². The van der Waals surface area contributed by atoms with E-state index in [1.807, 2.05) is 0 Å². The third kappa shape index (κ3) is 4.17. The fourth-order valence-electron chi connectivity index (χ4n) is 4.38. The van der Waals surface area contributed by atoms with Crippen molar-refractivity contribution in [1.82, 2.24) is 14.5 Å². The minimum absolute atomic E-state index is 0.0604. The number of fused-ring (bicyclic) bond motifs is 1. The number of rotatable bonds is 4. The van der Waals surface area contributed by atoms with E-state index in [2.05, 4.69) is 10.3 Å². The summed E-state index contributed by atoms with van der Waals surface area (Å²) in [4.78, 5) is 32.0. The third-order valence-electron chi connectivity index (χ3n) is 6.27. The van der Waals surface area contributed by atoms with Crippen molar-refractivity contribution in [3.8, 4) is 0 Å². The molecule has 5 rings (SSSR count). The maximum Gasteiger partial charge on any atom is 0.271 e. The van der Waals surface area contributed by atoms with E-state index in [1.54, 1.807) is 42.3 Å². The molecule has 1 N–H and O–H groups in total. The van der Waals surface area contributed by atoms with Crippen molar-refractivity contribution >= 4 is 40.0 Å². The second kappa shape index (κ2) is 8.95. The molecule has 34 heavy (non-hydrogen) atoms. The van der Waals surface area contributed by atoms with Crippen molar-refractivity contribution in [3.63, 3.8) is 0 Å². The Morgan fingerprint density at radius 1 is 1.18 bits per heavy atom. The molecule has 1 saturated heterocycles. The Kier molecular flexibility index (Phi) is 5.83. The Hall–Kier alpha value is -3.65. The van der Waals surface area contributed by atoms with Crippen LogP contribution in [0.3, 0.4) is 0 Å². The minimum Gasteiger partial charge on any atom is -0.443 e. The molecule has 0 atom stereocenters. The van der Waals surface area contributed by atoms with E-state index in [9.17, 15) is 14.0 Å². The molecule has 1 fully saturated rings. The number of pyridine rings is 1. The molecule has 1 aliphatic heterocycles. The first-order valence-electron chi connectivity index (χ1n) is 10.9. The largest absolute Gasteiger partial charge is 0.443 e. The number of halogens is 2. The van der Waals surface area contributed by atoms with Crippen LogP contribution in [0, 0.1) is 5.82 Å². The van der Waals surface area contributed by atoms with Gasteiger partial charge in [0.05, 0.1) is 11.3 Å². The normalized spacial score (nSPS) is 14.5. The van der Waals surface area contributed by atoms with Gasteiger partial charge in [-0.15, -0.1) is 0 Å². The zero-order chi connectivity index (χ0) is 23.8. The van der Waals surface area contributed by atoms with Crippen LogP contribution in [0.25, 0.3) is 11.1 Å². The number of amides is 1. The summed E-state index contributed by atoms with van der Waals surface area (Å²) < 4.78 is 19.8. The summed E-state index contributed by atoms with van der Waals surface area (Å²) in [5, 5.41) is 3.08. The highest BCUT2D eigenvalue weighted by molar-refractivity contribution is 6.34. The Balaban J connectivity index is 1.40. The first-order chi connectivity index (χ1) is 16.4. The zero-order valence-corrected chi connectivity index (χ0v) is 19.2. The van der Waals surface area contributed by atoms with Crippen LogP contribution in [0.4, 0.5) is 15.8 Å². The number of piperidine rings is 1. The number of hydrogen-bond acceptors (Lipinski definition) is 5. The number of anilines is 2. The quantitative estimate of drug-likeness (QED) is 0.440. The number of carbonyl (C=O) groups is 1. The molecule has 2 aromatic carbocycles. The van der Waals surface area contributed by atoms with Crippen molar-refractivity contribution in [1.29, 1.82) is 0 Å². The molecule has 0 radical (unpaired) electrons. The smallest absolute Gasteiger partial charge is 0.271 e. The summed E-state index contributed by atoms with van der Waals surface area (Å²) in [7, 11) is 1.57. The fourth-order valence-corrected chi connectivity index (χ4v) is 4.66. The predicted molar refractivity (Wildman–Crippen MR) is 128 cm³/mol. The van der Waals surface area contributed by atoms with Gasteiger partial charge in [-0.1, -0.05) is 23.7 Å². The van der Waals surface area contributed by atoms with E-state index < -0.39 is 5.56 Å². The summed E-state index contributed by atoms with van der Waals surface area (Å²) >= 11 is 6.42. The number of nitrogens with zero attached hydrogens (tertiary/aromatic N) is 3. The Bertz CT molecular complexity index is 1420. The van der Waals surface area contributed by atoms with Gasteiger partial charge >= 0.3 is 0 Å². The number of nitrogens with one attached hydrogen (secondary N) is 1. The summed E-state index contributed by atoms with van der Waals surface area (Å²) in [6.45, 7) is 1.09. The minimum atomic E-state index is -0.404. The molecule has 7 nitrogen and oxygen atoms in total. The molecule has 4 aromatic rings. The van der Waals surface area contributed by atoms with Crippen molar-refractivity contribution in [2.24, 2.45) is 7.05 Å².